The molecule has 0 aliphatic heterocycles. The van der Waals surface area contributed by atoms with E-state index in [4.69, 9.17) is 9.15 Å². The number of methoxy groups -OCH3 is 1. The molecule has 10 heteroatoms. The predicted octanol–water partition coefficient (Wildman–Crippen LogP) is 2.73. The molecule has 0 saturated carbocycles. The minimum atomic E-state index is -0.530. The van der Waals surface area contributed by atoms with Crippen LogP contribution in [0.5, 0.6) is 0 Å². The predicted molar refractivity (Wildman–Crippen MR) is 96.6 cm³/mol. The molecule has 0 N–H and O–H groups in total. The molecule has 0 aliphatic rings. The Morgan fingerprint density at radius 2 is 2.07 bits per heavy atom. The van der Waals surface area contributed by atoms with Crippen molar-refractivity contribution in [2.75, 3.05) is 7.11 Å². The van der Waals surface area contributed by atoms with Crippen molar-refractivity contribution < 1.29 is 23.7 Å². The van der Waals surface area contributed by atoms with E-state index in [2.05, 4.69) is 4.99 Å². The van der Waals surface area contributed by atoms with Crippen molar-refractivity contribution in [3.8, 4) is 0 Å². The molecule has 3 aromatic rings. The van der Waals surface area contributed by atoms with Crippen LogP contribution >= 0.6 is 11.3 Å². The molecule has 1 aromatic carbocycles. The van der Waals surface area contributed by atoms with Crippen molar-refractivity contribution >= 4 is 39.1 Å². The number of furan rings is 1. The molecule has 140 valence electrons. The molecule has 2 heterocycles. The maximum Gasteiger partial charge on any atom is 0.325 e. The second kappa shape index (κ2) is 7.16. The number of hydrogen-bond acceptors (Lipinski definition) is 7. The Bertz CT molecular complexity index is 1140. The number of carbonyl (C=O) groups is 2. The highest BCUT2D eigenvalue weighted by Crippen LogP contribution is 2.23. The lowest BCUT2D eigenvalue weighted by atomic mass is 10.2. The standard InChI is InChI=1S/C17H15N3O6S/c1-9-6-12(10(2)26-9)16(22)18-17-19(8-15(21)25-3)13-5-4-11(20(23)24)7-14(13)27-17/h4-7H,8H2,1-3H3. The van der Waals surface area contributed by atoms with Crippen LogP contribution in [0.4, 0.5) is 5.69 Å². The Balaban J connectivity index is 2.18. The van der Waals surface area contributed by atoms with Gasteiger partial charge in [0.2, 0.25) is 0 Å². The number of nitro groups is 1. The van der Waals surface area contributed by atoms with E-state index in [1.165, 1.54) is 29.9 Å². The van der Waals surface area contributed by atoms with Gasteiger partial charge in [-0.1, -0.05) is 11.3 Å². The Labute approximate surface area is 156 Å². The van der Waals surface area contributed by atoms with Gasteiger partial charge in [-0.2, -0.15) is 4.99 Å². The highest BCUT2D eigenvalue weighted by atomic mass is 32.1. The number of esters is 1. The molecule has 0 radical (unpaired) electrons. The normalized spacial score (nSPS) is 11.7. The molecule has 27 heavy (non-hydrogen) atoms. The van der Waals surface area contributed by atoms with E-state index >= 15 is 0 Å². The molecule has 2 aromatic heterocycles. The first-order valence-corrected chi connectivity index (χ1v) is 8.62. The summed E-state index contributed by atoms with van der Waals surface area (Å²) >= 11 is 1.08. The summed E-state index contributed by atoms with van der Waals surface area (Å²) in [6, 6.07) is 5.82. The van der Waals surface area contributed by atoms with Crippen molar-refractivity contribution in [1.29, 1.82) is 0 Å². The molecular weight excluding hydrogens is 374 g/mol. The van der Waals surface area contributed by atoms with E-state index in [-0.39, 0.29) is 17.0 Å². The van der Waals surface area contributed by atoms with Gasteiger partial charge >= 0.3 is 5.97 Å². The van der Waals surface area contributed by atoms with Gasteiger partial charge in [-0.05, 0) is 26.0 Å². The van der Waals surface area contributed by atoms with Gasteiger partial charge in [0.15, 0.2) is 4.80 Å². The summed E-state index contributed by atoms with van der Waals surface area (Å²) in [5.41, 5.74) is 0.774. The van der Waals surface area contributed by atoms with Crippen LogP contribution in [0.2, 0.25) is 0 Å². The summed E-state index contributed by atoms with van der Waals surface area (Å²) in [4.78, 5) is 39.2. The lowest BCUT2D eigenvalue weighted by Crippen LogP contribution is -2.22. The summed E-state index contributed by atoms with van der Waals surface area (Å²) in [7, 11) is 1.25. The summed E-state index contributed by atoms with van der Waals surface area (Å²) in [6.45, 7) is 3.20. The van der Waals surface area contributed by atoms with Gasteiger partial charge in [0, 0.05) is 12.1 Å². The molecule has 9 nitrogen and oxygen atoms in total. The third-order valence-corrected chi connectivity index (χ3v) is 4.90. The minimum absolute atomic E-state index is 0.0897. The molecular formula is C17H15N3O6S. The second-order valence-corrected chi connectivity index (χ2v) is 6.71. The van der Waals surface area contributed by atoms with E-state index in [1.54, 1.807) is 19.9 Å². The highest BCUT2D eigenvalue weighted by Gasteiger charge is 2.17. The van der Waals surface area contributed by atoms with Gasteiger partial charge < -0.3 is 13.7 Å². The first-order valence-electron chi connectivity index (χ1n) is 7.81. The summed E-state index contributed by atoms with van der Waals surface area (Å²) < 4.78 is 12.1. The van der Waals surface area contributed by atoms with Gasteiger partial charge in [-0.25, -0.2) is 0 Å². The number of fused-ring (bicyclic) bond motifs is 1. The quantitative estimate of drug-likeness (QED) is 0.385. The third-order valence-electron chi connectivity index (χ3n) is 3.86. The number of nitrogens with zero attached hydrogens (tertiary/aromatic N) is 3. The number of benzene rings is 1. The average molecular weight is 389 g/mol. The maximum absolute atomic E-state index is 12.6. The van der Waals surface area contributed by atoms with Crippen LogP contribution in [0.1, 0.15) is 21.9 Å². The van der Waals surface area contributed by atoms with Crippen LogP contribution in [0.15, 0.2) is 33.7 Å². The first-order chi connectivity index (χ1) is 12.8. The average Bonchev–Trinajstić information content (AvgIpc) is 3.13. The van der Waals surface area contributed by atoms with E-state index in [0.29, 0.717) is 27.3 Å². The van der Waals surface area contributed by atoms with Gasteiger partial charge in [0.05, 0.1) is 27.8 Å². The lowest BCUT2D eigenvalue weighted by Gasteiger charge is -2.03. The molecule has 1 amide bonds. The number of amides is 1. The zero-order valence-corrected chi connectivity index (χ0v) is 15.5. The molecule has 0 saturated heterocycles. The summed E-state index contributed by atoms with van der Waals surface area (Å²) in [5, 5.41) is 11.0. The fourth-order valence-electron chi connectivity index (χ4n) is 2.60. The van der Waals surface area contributed by atoms with Crippen LogP contribution in [-0.2, 0) is 16.1 Å². The van der Waals surface area contributed by atoms with Gasteiger partial charge in [0.25, 0.3) is 11.6 Å². The summed E-state index contributed by atoms with van der Waals surface area (Å²) in [5.74, 6) is -0.0284. The third kappa shape index (κ3) is 3.65. The summed E-state index contributed by atoms with van der Waals surface area (Å²) in [6.07, 6.45) is 0. The number of nitro benzene ring substituents is 1. The number of rotatable bonds is 4. The topological polar surface area (TPSA) is 117 Å². The molecule has 0 spiro atoms. The minimum Gasteiger partial charge on any atom is -0.468 e. The van der Waals surface area contributed by atoms with E-state index in [1.807, 2.05) is 0 Å². The number of thiazole rings is 1. The highest BCUT2D eigenvalue weighted by molar-refractivity contribution is 7.16. The largest absolute Gasteiger partial charge is 0.468 e. The van der Waals surface area contributed by atoms with Crippen molar-refractivity contribution in [2.24, 2.45) is 4.99 Å². The number of aryl methyl sites for hydroxylation is 2. The van der Waals surface area contributed by atoms with E-state index in [0.717, 1.165) is 11.3 Å². The monoisotopic (exact) mass is 389 g/mol. The Kier molecular flexibility index (Phi) is 4.91. The molecule has 3 rings (SSSR count). The van der Waals surface area contributed by atoms with Crippen molar-refractivity contribution in [3.05, 3.63) is 56.3 Å². The Hall–Kier alpha value is -3.27. The number of carbonyl (C=O) groups excluding carboxylic acids is 2. The van der Waals surface area contributed by atoms with Crippen molar-refractivity contribution in [1.82, 2.24) is 4.57 Å². The van der Waals surface area contributed by atoms with Gasteiger partial charge in [-0.15, -0.1) is 0 Å². The fourth-order valence-corrected chi connectivity index (χ4v) is 3.66. The Morgan fingerprint density at radius 3 is 2.67 bits per heavy atom. The molecule has 0 atom stereocenters. The van der Waals surface area contributed by atoms with E-state index < -0.39 is 16.8 Å². The van der Waals surface area contributed by atoms with Crippen LogP contribution < -0.4 is 4.80 Å². The fraction of sp³-hybridized carbons (Fsp3) is 0.235. The number of aromatic nitrogens is 1. The van der Waals surface area contributed by atoms with Crippen molar-refractivity contribution in [2.45, 2.75) is 20.4 Å². The molecule has 0 fully saturated rings. The molecule has 0 bridgehead atoms. The second-order valence-electron chi connectivity index (χ2n) is 5.70. The van der Waals surface area contributed by atoms with Gasteiger partial charge in [0.1, 0.15) is 18.1 Å². The lowest BCUT2D eigenvalue weighted by molar-refractivity contribution is -0.384. The number of hydrogen-bond donors (Lipinski definition) is 0. The zero-order chi connectivity index (χ0) is 19.7. The number of ether oxygens (including phenoxy) is 1. The van der Waals surface area contributed by atoms with Crippen LogP contribution in [0.25, 0.3) is 10.2 Å². The smallest absolute Gasteiger partial charge is 0.325 e. The molecule has 0 unspecified atom stereocenters. The van der Waals surface area contributed by atoms with Crippen LogP contribution in [0, 0.1) is 24.0 Å². The van der Waals surface area contributed by atoms with E-state index in [9.17, 15) is 19.7 Å². The van der Waals surface area contributed by atoms with Crippen LogP contribution in [0.3, 0.4) is 0 Å². The van der Waals surface area contributed by atoms with Gasteiger partial charge in [-0.3, -0.25) is 19.7 Å². The van der Waals surface area contributed by atoms with Crippen molar-refractivity contribution in [3.63, 3.8) is 0 Å². The first kappa shape index (κ1) is 18.5. The maximum atomic E-state index is 12.6. The van der Waals surface area contributed by atoms with Crippen LogP contribution in [-0.4, -0.2) is 28.5 Å². The molecule has 0 aliphatic carbocycles. The number of non-ortho nitro benzene ring substituents is 1. The SMILES string of the molecule is COC(=O)Cn1c(=NC(=O)c2cc(C)oc2C)sc2cc([N+](=O)[O-])ccc21. The zero-order valence-electron chi connectivity index (χ0n) is 14.7. The Morgan fingerprint density at radius 1 is 1.33 bits per heavy atom.